The van der Waals surface area contributed by atoms with E-state index in [-0.39, 0.29) is 0 Å². The molecule has 0 aliphatic rings. The van der Waals surface area contributed by atoms with Crippen molar-refractivity contribution in [1.29, 1.82) is 0 Å². The highest BCUT2D eigenvalue weighted by Gasteiger charge is 2.18. The molecular weight excluding hydrogens is 246 g/mol. The van der Waals surface area contributed by atoms with E-state index in [4.69, 9.17) is 24.4 Å². The smallest absolute Gasteiger partial charge is 0.141 e. The first kappa shape index (κ1) is 13.3. The van der Waals surface area contributed by atoms with Gasteiger partial charge in [0.15, 0.2) is 0 Å². The highest BCUT2D eigenvalue weighted by Crippen LogP contribution is 2.42. The Hall–Kier alpha value is -2.14. The van der Waals surface area contributed by atoms with E-state index in [0.717, 1.165) is 5.56 Å². The number of ether oxygens (including phenoxy) is 3. The van der Waals surface area contributed by atoms with Crippen molar-refractivity contribution in [2.24, 2.45) is 5.73 Å². The molecule has 5 nitrogen and oxygen atoms in total. The summed E-state index contributed by atoms with van der Waals surface area (Å²) in [6.07, 6.45) is 0. The highest BCUT2D eigenvalue weighted by atomic mass is 16.5. The summed E-state index contributed by atoms with van der Waals surface area (Å²) in [6, 6.07) is 7.23. The van der Waals surface area contributed by atoms with Crippen LogP contribution in [0.15, 0.2) is 28.7 Å². The zero-order valence-electron chi connectivity index (χ0n) is 11.2. The van der Waals surface area contributed by atoms with Gasteiger partial charge in [0, 0.05) is 12.1 Å². The largest absolute Gasteiger partial charge is 0.496 e. The molecule has 1 aromatic heterocycles. The molecule has 0 aliphatic heterocycles. The average Bonchev–Trinajstić information content (AvgIpc) is 2.94. The van der Waals surface area contributed by atoms with Crippen LogP contribution in [0.5, 0.6) is 17.2 Å². The molecule has 0 amide bonds. The predicted molar refractivity (Wildman–Crippen MR) is 71.7 cm³/mol. The molecule has 0 saturated heterocycles. The summed E-state index contributed by atoms with van der Waals surface area (Å²) >= 11 is 0. The Morgan fingerprint density at radius 3 is 2.05 bits per heavy atom. The Morgan fingerprint density at radius 2 is 1.63 bits per heavy atom. The molecule has 2 N–H and O–H groups in total. The normalized spacial score (nSPS) is 10.3. The third-order valence-corrected chi connectivity index (χ3v) is 2.82. The lowest BCUT2D eigenvalue weighted by Crippen LogP contribution is -1.95. The molecule has 0 aliphatic carbocycles. The quantitative estimate of drug-likeness (QED) is 0.897. The molecule has 0 atom stereocenters. The van der Waals surface area contributed by atoms with E-state index >= 15 is 0 Å². The second-order valence-corrected chi connectivity index (χ2v) is 3.88. The standard InChI is InChI=1S/C14H17NO4/c1-16-10-6-12(17-2)14(13(7-10)18-3)11-5-4-9(8-15)19-11/h4-7H,8,15H2,1-3H3. The Balaban J connectivity index is 2.59. The third kappa shape index (κ3) is 2.51. The van der Waals surface area contributed by atoms with Gasteiger partial charge in [-0.2, -0.15) is 0 Å². The monoisotopic (exact) mass is 263 g/mol. The van der Waals surface area contributed by atoms with E-state index < -0.39 is 0 Å². The summed E-state index contributed by atoms with van der Waals surface area (Å²) in [7, 11) is 4.77. The van der Waals surface area contributed by atoms with Crippen LogP contribution in [0.3, 0.4) is 0 Å². The summed E-state index contributed by atoms with van der Waals surface area (Å²) in [6.45, 7) is 0.348. The van der Waals surface area contributed by atoms with Crippen LogP contribution >= 0.6 is 0 Å². The molecule has 0 unspecified atom stereocenters. The first-order valence-corrected chi connectivity index (χ1v) is 5.82. The van der Waals surface area contributed by atoms with Gasteiger partial charge in [-0.05, 0) is 12.1 Å². The molecule has 19 heavy (non-hydrogen) atoms. The van der Waals surface area contributed by atoms with Crippen molar-refractivity contribution in [2.45, 2.75) is 6.54 Å². The van der Waals surface area contributed by atoms with Crippen molar-refractivity contribution in [3.05, 3.63) is 30.0 Å². The fraction of sp³-hybridized carbons (Fsp3) is 0.286. The SMILES string of the molecule is COc1cc(OC)c(-c2ccc(CN)o2)c(OC)c1. The Kier molecular flexibility index (Phi) is 3.97. The van der Waals surface area contributed by atoms with Crippen LogP contribution in [0.1, 0.15) is 5.76 Å². The van der Waals surface area contributed by atoms with Crippen molar-refractivity contribution in [3.8, 4) is 28.6 Å². The number of hydrogen-bond acceptors (Lipinski definition) is 5. The first-order valence-electron chi connectivity index (χ1n) is 5.82. The lowest BCUT2D eigenvalue weighted by molar-refractivity contribution is 0.375. The van der Waals surface area contributed by atoms with E-state index in [1.807, 2.05) is 12.1 Å². The molecule has 1 aromatic carbocycles. The van der Waals surface area contributed by atoms with Gasteiger partial charge in [-0.1, -0.05) is 0 Å². The maximum absolute atomic E-state index is 5.65. The zero-order valence-corrected chi connectivity index (χ0v) is 11.2. The summed E-state index contributed by atoms with van der Waals surface area (Å²) in [5, 5.41) is 0. The average molecular weight is 263 g/mol. The van der Waals surface area contributed by atoms with Crippen molar-refractivity contribution < 1.29 is 18.6 Å². The number of nitrogens with two attached hydrogens (primary N) is 1. The topological polar surface area (TPSA) is 66.9 Å². The van der Waals surface area contributed by atoms with E-state index in [2.05, 4.69) is 0 Å². The lowest BCUT2D eigenvalue weighted by atomic mass is 10.1. The van der Waals surface area contributed by atoms with Crippen molar-refractivity contribution >= 4 is 0 Å². The predicted octanol–water partition coefficient (Wildman–Crippen LogP) is 2.43. The molecule has 2 aromatic rings. The minimum Gasteiger partial charge on any atom is -0.496 e. The van der Waals surface area contributed by atoms with Gasteiger partial charge in [0.05, 0.1) is 27.9 Å². The van der Waals surface area contributed by atoms with Gasteiger partial charge >= 0.3 is 0 Å². The molecule has 1 heterocycles. The molecule has 5 heteroatoms. The van der Waals surface area contributed by atoms with E-state index in [1.54, 1.807) is 33.5 Å². The highest BCUT2D eigenvalue weighted by molar-refractivity contribution is 5.75. The summed E-state index contributed by atoms with van der Waals surface area (Å²) in [5.74, 6) is 3.25. The Labute approximate surface area is 111 Å². The fourth-order valence-electron chi connectivity index (χ4n) is 1.87. The molecular formula is C14H17NO4. The van der Waals surface area contributed by atoms with E-state index in [9.17, 15) is 0 Å². The Morgan fingerprint density at radius 1 is 1.00 bits per heavy atom. The van der Waals surface area contributed by atoms with Gasteiger partial charge in [0.1, 0.15) is 34.3 Å². The van der Waals surface area contributed by atoms with Crippen LogP contribution in [0.2, 0.25) is 0 Å². The van der Waals surface area contributed by atoms with Crippen molar-refractivity contribution in [2.75, 3.05) is 21.3 Å². The number of rotatable bonds is 5. The first-order chi connectivity index (χ1) is 9.23. The number of hydrogen-bond donors (Lipinski definition) is 1. The zero-order chi connectivity index (χ0) is 13.8. The van der Waals surface area contributed by atoms with Crippen molar-refractivity contribution in [1.82, 2.24) is 0 Å². The summed E-state index contributed by atoms with van der Waals surface area (Å²) < 4.78 is 21.6. The van der Waals surface area contributed by atoms with Crippen LogP contribution in [-0.4, -0.2) is 21.3 Å². The molecule has 102 valence electrons. The van der Waals surface area contributed by atoms with E-state index in [1.165, 1.54) is 0 Å². The molecule has 0 spiro atoms. The number of methoxy groups -OCH3 is 3. The molecule has 2 rings (SSSR count). The maximum Gasteiger partial charge on any atom is 0.141 e. The fourth-order valence-corrected chi connectivity index (χ4v) is 1.87. The van der Waals surface area contributed by atoms with Crippen LogP contribution < -0.4 is 19.9 Å². The summed E-state index contributed by atoms with van der Waals surface area (Å²) in [5.41, 5.74) is 6.29. The Bertz CT molecular complexity index is 537. The molecule has 0 bridgehead atoms. The molecule has 0 saturated carbocycles. The van der Waals surface area contributed by atoms with Gasteiger partial charge in [0.25, 0.3) is 0 Å². The maximum atomic E-state index is 5.65. The third-order valence-electron chi connectivity index (χ3n) is 2.82. The van der Waals surface area contributed by atoms with Gasteiger partial charge in [-0.25, -0.2) is 0 Å². The molecule has 0 fully saturated rings. The van der Waals surface area contributed by atoms with Gasteiger partial charge in [0.2, 0.25) is 0 Å². The minimum absolute atomic E-state index is 0.348. The van der Waals surface area contributed by atoms with Crippen LogP contribution in [0.25, 0.3) is 11.3 Å². The van der Waals surface area contributed by atoms with Gasteiger partial charge < -0.3 is 24.4 Å². The van der Waals surface area contributed by atoms with Gasteiger partial charge in [-0.3, -0.25) is 0 Å². The van der Waals surface area contributed by atoms with Crippen LogP contribution in [-0.2, 0) is 6.54 Å². The number of benzene rings is 1. The number of furan rings is 1. The summed E-state index contributed by atoms with van der Waals surface area (Å²) in [4.78, 5) is 0. The van der Waals surface area contributed by atoms with Gasteiger partial charge in [-0.15, -0.1) is 0 Å². The second-order valence-electron chi connectivity index (χ2n) is 3.88. The van der Waals surface area contributed by atoms with E-state index in [0.29, 0.717) is 35.3 Å². The minimum atomic E-state index is 0.348. The van der Waals surface area contributed by atoms with Crippen LogP contribution in [0, 0.1) is 0 Å². The lowest BCUT2D eigenvalue weighted by Gasteiger charge is -2.13. The van der Waals surface area contributed by atoms with Crippen LogP contribution in [0.4, 0.5) is 0 Å². The second kappa shape index (κ2) is 5.67. The molecule has 0 radical (unpaired) electrons. The van der Waals surface area contributed by atoms with Crippen molar-refractivity contribution in [3.63, 3.8) is 0 Å².